The number of hydrogen-bond acceptors (Lipinski definition) is 7. The fraction of sp³-hybridized carbons (Fsp3) is 0.0345. The number of ether oxygens (including phenoxy) is 1. The molecule has 0 amide bonds. The monoisotopic (exact) mass is 521 g/mol. The number of benzene rings is 4. The Morgan fingerprint density at radius 1 is 0.974 bits per heavy atom. The van der Waals surface area contributed by atoms with Crippen molar-refractivity contribution in [2.45, 2.75) is 0 Å². The molecule has 0 fully saturated rings. The summed E-state index contributed by atoms with van der Waals surface area (Å²) in [6.07, 6.45) is 0.262. The van der Waals surface area contributed by atoms with Gasteiger partial charge in [-0.05, 0) is 35.9 Å². The molecule has 0 bridgehead atoms. The van der Waals surface area contributed by atoms with E-state index in [1.54, 1.807) is 36.4 Å². The van der Waals surface area contributed by atoms with E-state index in [0.717, 1.165) is 10.2 Å². The van der Waals surface area contributed by atoms with E-state index in [9.17, 15) is 15.0 Å². The zero-order chi connectivity index (χ0) is 27.1. The maximum absolute atomic E-state index is 15.2. The van der Waals surface area contributed by atoms with E-state index in [1.807, 2.05) is 30.3 Å². The first-order valence-corrected chi connectivity index (χ1v) is 11.8. The summed E-state index contributed by atoms with van der Waals surface area (Å²) in [5.41, 5.74) is 3.16. The Morgan fingerprint density at radius 3 is 2.54 bits per heavy atom. The molecule has 192 valence electrons. The predicted octanol–water partition coefficient (Wildman–Crippen LogP) is 6.44. The van der Waals surface area contributed by atoms with Crippen LogP contribution in [0.15, 0.2) is 85.1 Å². The third-order valence-corrected chi connectivity index (χ3v) is 6.32. The van der Waals surface area contributed by atoms with Crippen molar-refractivity contribution >= 4 is 39.4 Å². The zero-order valence-electron chi connectivity index (χ0n) is 20.5. The molecule has 9 nitrogen and oxygen atoms in total. The van der Waals surface area contributed by atoms with E-state index in [4.69, 9.17) is 4.74 Å². The van der Waals surface area contributed by atoms with Gasteiger partial charge in [0.1, 0.15) is 11.6 Å². The van der Waals surface area contributed by atoms with Crippen LogP contribution >= 0.6 is 0 Å². The van der Waals surface area contributed by atoms with Gasteiger partial charge in [0, 0.05) is 33.7 Å². The summed E-state index contributed by atoms with van der Waals surface area (Å²) in [7, 11) is 1.44. The number of anilines is 2. The first kappa shape index (κ1) is 23.9. The molecule has 6 rings (SSSR count). The Bertz CT molecular complexity index is 1890. The second-order valence-electron chi connectivity index (χ2n) is 8.74. The minimum Gasteiger partial charge on any atom is -0.504 e. The predicted molar refractivity (Wildman–Crippen MR) is 145 cm³/mol. The largest absolute Gasteiger partial charge is 0.504 e. The third-order valence-electron chi connectivity index (χ3n) is 6.32. The van der Waals surface area contributed by atoms with E-state index in [-0.39, 0.29) is 17.3 Å². The molecule has 0 aliphatic rings. The number of carbonyl (C=O) groups is 1. The molecule has 10 heteroatoms. The van der Waals surface area contributed by atoms with Crippen LogP contribution in [-0.4, -0.2) is 43.2 Å². The lowest BCUT2D eigenvalue weighted by molar-refractivity contribution is 0.194. The standard InChI is InChI=1S/C29H20FN5O4/c1-39-26-14-23-21(13-25(26)36)28(32-19-8-10-24-18(11-19)15-31-35(24)29(37)38)34-27(33-23)17-7-9-20(22(30)12-17)16-5-3-2-4-6-16/h2-15,36H,1H3,(H,37,38)(H,32,33,34). The van der Waals surface area contributed by atoms with Crippen LogP contribution in [0.3, 0.4) is 0 Å². The van der Waals surface area contributed by atoms with Crippen molar-refractivity contribution < 1.29 is 24.1 Å². The van der Waals surface area contributed by atoms with Gasteiger partial charge >= 0.3 is 6.09 Å². The number of methoxy groups -OCH3 is 1. The Morgan fingerprint density at radius 2 is 1.79 bits per heavy atom. The second kappa shape index (κ2) is 9.42. The van der Waals surface area contributed by atoms with Crippen LogP contribution in [0.5, 0.6) is 11.5 Å². The van der Waals surface area contributed by atoms with Crippen molar-refractivity contribution in [3.05, 3.63) is 90.9 Å². The number of rotatable bonds is 5. The average Bonchev–Trinajstić information content (AvgIpc) is 3.37. The Kier molecular flexibility index (Phi) is 5.76. The zero-order valence-corrected chi connectivity index (χ0v) is 20.5. The van der Waals surface area contributed by atoms with Crippen LogP contribution in [0.25, 0.3) is 44.3 Å². The number of phenolic OH excluding ortho intramolecular Hbond substituents is 1. The van der Waals surface area contributed by atoms with Gasteiger partial charge in [0.25, 0.3) is 0 Å². The molecule has 0 radical (unpaired) electrons. The fourth-order valence-corrected chi connectivity index (χ4v) is 4.44. The summed E-state index contributed by atoms with van der Waals surface area (Å²) < 4.78 is 21.3. The molecule has 4 aromatic carbocycles. The topological polar surface area (TPSA) is 122 Å². The highest BCUT2D eigenvalue weighted by Crippen LogP contribution is 2.36. The average molecular weight is 522 g/mol. The molecule has 0 spiro atoms. The van der Waals surface area contributed by atoms with Gasteiger partial charge in [0.15, 0.2) is 17.3 Å². The highest BCUT2D eigenvalue weighted by molar-refractivity contribution is 5.96. The van der Waals surface area contributed by atoms with Crippen molar-refractivity contribution in [1.82, 2.24) is 19.7 Å². The quantitative estimate of drug-likeness (QED) is 0.237. The molecule has 39 heavy (non-hydrogen) atoms. The third kappa shape index (κ3) is 4.33. The van der Waals surface area contributed by atoms with Crippen LogP contribution in [0, 0.1) is 5.82 Å². The number of nitrogens with one attached hydrogen (secondary N) is 1. The SMILES string of the molecule is COc1cc2nc(-c3ccc(-c4ccccc4)c(F)c3)nc(Nc3ccc4c(cnn4C(=O)O)c3)c2cc1O. The normalized spacial score (nSPS) is 11.1. The summed E-state index contributed by atoms with van der Waals surface area (Å²) in [6, 6.07) is 22.2. The smallest absolute Gasteiger partial charge is 0.432 e. The molecule has 0 aliphatic carbocycles. The Labute approximate surface area is 220 Å². The van der Waals surface area contributed by atoms with Crippen molar-refractivity contribution in [2.75, 3.05) is 12.4 Å². The molecular weight excluding hydrogens is 501 g/mol. The van der Waals surface area contributed by atoms with E-state index in [1.165, 1.54) is 25.4 Å². The number of fused-ring (bicyclic) bond motifs is 2. The highest BCUT2D eigenvalue weighted by atomic mass is 19.1. The molecule has 0 atom stereocenters. The van der Waals surface area contributed by atoms with Gasteiger partial charge in [0.05, 0.1) is 24.3 Å². The van der Waals surface area contributed by atoms with E-state index in [0.29, 0.717) is 44.4 Å². The lowest BCUT2D eigenvalue weighted by Crippen LogP contribution is -2.08. The number of hydrogen-bond donors (Lipinski definition) is 3. The van der Waals surface area contributed by atoms with Gasteiger partial charge in [-0.15, -0.1) is 0 Å². The second-order valence-corrected chi connectivity index (χ2v) is 8.74. The van der Waals surface area contributed by atoms with Crippen molar-refractivity contribution in [2.24, 2.45) is 0 Å². The summed E-state index contributed by atoms with van der Waals surface area (Å²) in [4.78, 5) is 20.7. The summed E-state index contributed by atoms with van der Waals surface area (Å²) in [6.45, 7) is 0. The van der Waals surface area contributed by atoms with Crippen molar-refractivity contribution in [1.29, 1.82) is 0 Å². The van der Waals surface area contributed by atoms with Gasteiger partial charge in [-0.25, -0.2) is 19.2 Å². The van der Waals surface area contributed by atoms with Crippen molar-refractivity contribution in [3.63, 3.8) is 0 Å². The maximum atomic E-state index is 15.2. The maximum Gasteiger partial charge on any atom is 0.432 e. The number of phenols is 1. The minimum atomic E-state index is -1.19. The van der Waals surface area contributed by atoms with Gasteiger partial charge in [-0.3, -0.25) is 0 Å². The molecule has 2 aromatic heterocycles. The summed E-state index contributed by atoms with van der Waals surface area (Å²) in [5.74, 6) is 0.328. The van der Waals surface area contributed by atoms with Crippen LogP contribution in [-0.2, 0) is 0 Å². The summed E-state index contributed by atoms with van der Waals surface area (Å²) >= 11 is 0. The number of nitrogens with zero attached hydrogens (tertiary/aromatic N) is 4. The van der Waals surface area contributed by atoms with Crippen LogP contribution in [0.1, 0.15) is 0 Å². The first-order valence-electron chi connectivity index (χ1n) is 11.8. The van der Waals surface area contributed by atoms with Gasteiger partial charge in [-0.2, -0.15) is 9.78 Å². The van der Waals surface area contributed by atoms with E-state index < -0.39 is 11.9 Å². The number of carboxylic acid groups (broad SMARTS) is 1. The van der Waals surface area contributed by atoms with Crippen LogP contribution in [0.4, 0.5) is 20.7 Å². The van der Waals surface area contributed by atoms with Gasteiger partial charge < -0.3 is 20.3 Å². The minimum absolute atomic E-state index is 0.0964. The Hall–Kier alpha value is -5.51. The molecule has 2 heterocycles. The van der Waals surface area contributed by atoms with E-state index in [2.05, 4.69) is 20.4 Å². The molecule has 0 aliphatic heterocycles. The molecule has 0 saturated heterocycles. The molecule has 6 aromatic rings. The fourth-order valence-electron chi connectivity index (χ4n) is 4.44. The van der Waals surface area contributed by atoms with Crippen LogP contribution < -0.4 is 10.1 Å². The lowest BCUT2D eigenvalue weighted by Gasteiger charge is -2.13. The summed E-state index contributed by atoms with van der Waals surface area (Å²) in [5, 5.41) is 28.0. The van der Waals surface area contributed by atoms with Gasteiger partial charge in [-0.1, -0.05) is 42.5 Å². The van der Waals surface area contributed by atoms with E-state index >= 15 is 4.39 Å². The Balaban J connectivity index is 1.46. The molecule has 3 N–H and O–H groups in total. The van der Waals surface area contributed by atoms with Gasteiger partial charge in [0.2, 0.25) is 0 Å². The number of aromatic hydroxyl groups is 1. The lowest BCUT2D eigenvalue weighted by atomic mass is 10.0. The molecular formula is C29H20FN5O4. The first-order chi connectivity index (χ1) is 18.9. The number of aromatic nitrogens is 4. The van der Waals surface area contributed by atoms with Crippen molar-refractivity contribution in [3.8, 4) is 34.0 Å². The highest BCUT2D eigenvalue weighted by Gasteiger charge is 2.16. The number of halogens is 1. The molecule has 0 unspecified atom stereocenters. The molecule has 0 saturated carbocycles. The van der Waals surface area contributed by atoms with Crippen LogP contribution in [0.2, 0.25) is 0 Å².